The van der Waals surface area contributed by atoms with Crippen LogP contribution in [0.25, 0.3) is 0 Å². The molecular weight excluding hydrogens is 317 g/mol. The van der Waals surface area contributed by atoms with Gasteiger partial charge in [-0.3, -0.25) is 0 Å². The summed E-state index contributed by atoms with van der Waals surface area (Å²) >= 11 is 8.25. The molecule has 0 bridgehead atoms. The third-order valence-corrected chi connectivity index (χ3v) is 3.94. The van der Waals surface area contributed by atoms with E-state index in [2.05, 4.69) is 15.9 Å². The number of hydrogen-bond donors (Lipinski definition) is 1. The Morgan fingerprint density at radius 2 is 2.17 bits per heavy atom. The van der Waals surface area contributed by atoms with Crippen LogP contribution in [-0.4, -0.2) is 11.6 Å². The highest BCUT2D eigenvalue weighted by atomic mass is 79.9. The van der Waals surface area contributed by atoms with E-state index in [0.717, 1.165) is 12.8 Å². The first-order valence-electron chi connectivity index (χ1n) is 5.71. The lowest BCUT2D eigenvalue weighted by Gasteiger charge is -2.22. The third-order valence-electron chi connectivity index (χ3n) is 2.76. The van der Waals surface area contributed by atoms with Gasteiger partial charge in [0.2, 0.25) is 0 Å². The standard InChI is InChI=1S/C13H17BrFNOS/c1-13(2,12(16)18)6-3-7-17-11-5-4-9(15)8-10(11)14/h4-5,8H,3,6-7H2,1-2H3,(H2,16,18). The van der Waals surface area contributed by atoms with Crippen molar-refractivity contribution in [1.29, 1.82) is 0 Å². The number of ether oxygens (including phenoxy) is 1. The van der Waals surface area contributed by atoms with Gasteiger partial charge in [-0.1, -0.05) is 26.1 Å². The van der Waals surface area contributed by atoms with Gasteiger partial charge in [0.15, 0.2) is 0 Å². The Morgan fingerprint density at radius 3 is 2.72 bits per heavy atom. The molecule has 2 N–H and O–H groups in total. The van der Waals surface area contributed by atoms with Gasteiger partial charge in [0.05, 0.1) is 16.1 Å². The zero-order valence-electron chi connectivity index (χ0n) is 10.5. The Balaban J connectivity index is 2.41. The Bertz CT molecular complexity index is 437. The summed E-state index contributed by atoms with van der Waals surface area (Å²) in [6.07, 6.45) is 1.70. The van der Waals surface area contributed by atoms with Crippen molar-refractivity contribution >= 4 is 33.1 Å². The number of hydrogen-bond acceptors (Lipinski definition) is 2. The maximum Gasteiger partial charge on any atom is 0.133 e. The van der Waals surface area contributed by atoms with Gasteiger partial charge in [0.25, 0.3) is 0 Å². The summed E-state index contributed by atoms with van der Waals surface area (Å²) in [5.74, 6) is 0.355. The number of benzene rings is 1. The van der Waals surface area contributed by atoms with Gasteiger partial charge >= 0.3 is 0 Å². The largest absolute Gasteiger partial charge is 0.492 e. The van der Waals surface area contributed by atoms with Gasteiger partial charge in [-0.15, -0.1) is 0 Å². The average Bonchev–Trinajstić information content (AvgIpc) is 2.26. The summed E-state index contributed by atoms with van der Waals surface area (Å²) in [5.41, 5.74) is 5.49. The average molecular weight is 334 g/mol. The van der Waals surface area contributed by atoms with Crippen LogP contribution in [0, 0.1) is 11.2 Å². The van der Waals surface area contributed by atoms with Crippen LogP contribution in [0.4, 0.5) is 4.39 Å². The lowest BCUT2D eigenvalue weighted by molar-refractivity contribution is 0.286. The molecule has 0 aliphatic carbocycles. The molecule has 0 atom stereocenters. The first-order chi connectivity index (χ1) is 8.33. The fourth-order valence-corrected chi connectivity index (χ4v) is 1.98. The predicted octanol–water partition coefficient (Wildman–Crippen LogP) is 4.06. The molecule has 0 aromatic heterocycles. The lowest BCUT2D eigenvalue weighted by Crippen LogP contribution is -2.30. The molecule has 2 nitrogen and oxygen atoms in total. The molecule has 0 amide bonds. The monoisotopic (exact) mass is 333 g/mol. The van der Waals surface area contributed by atoms with Crippen molar-refractivity contribution in [3.05, 3.63) is 28.5 Å². The number of thiocarbonyl (C=S) groups is 1. The van der Waals surface area contributed by atoms with Crippen molar-refractivity contribution in [2.24, 2.45) is 11.1 Å². The van der Waals surface area contributed by atoms with Gasteiger partial charge in [-0.05, 0) is 47.0 Å². The fourth-order valence-electron chi connectivity index (χ4n) is 1.41. The van der Waals surface area contributed by atoms with Crippen LogP contribution in [0.15, 0.2) is 22.7 Å². The molecule has 1 rings (SSSR count). The molecule has 100 valence electrons. The highest BCUT2D eigenvalue weighted by Crippen LogP contribution is 2.27. The zero-order chi connectivity index (χ0) is 13.8. The third kappa shape index (κ3) is 4.53. The fraction of sp³-hybridized carbons (Fsp3) is 0.462. The van der Waals surface area contributed by atoms with Crippen LogP contribution in [-0.2, 0) is 0 Å². The van der Waals surface area contributed by atoms with E-state index < -0.39 is 0 Å². The topological polar surface area (TPSA) is 35.2 Å². The Kier molecular flexibility index (Phi) is 5.53. The van der Waals surface area contributed by atoms with E-state index in [9.17, 15) is 4.39 Å². The first-order valence-corrected chi connectivity index (χ1v) is 6.91. The van der Waals surface area contributed by atoms with Crippen molar-refractivity contribution < 1.29 is 9.13 Å². The number of nitrogens with two attached hydrogens (primary N) is 1. The molecule has 0 aliphatic rings. The summed E-state index contributed by atoms with van der Waals surface area (Å²) in [5, 5.41) is 0. The Hall–Kier alpha value is -0.680. The second-order valence-corrected chi connectivity index (χ2v) is 6.07. The molecule has 1 aromatic rings. The van der Waals surface area contributed by atoms with Crippen LogP contribution < -0.4 is 10.5 Å². The molecule has 0 radical (unpaired) electrons. The molecule has 0 heterocycles. The van der Waals surface area contributed by atoms with E-state index in [0.29, 0.717) is 21.8 Å². The van der Waals surface area contributed by atoms with Crippen LogP contribution in [0.1, 0.15) is 26.7 Å². The van der Waals surface area contributed by atoms with Crippen molar-refractivity contribution in [2.75, 3.05) is 6.61 Å². The van der Waals surface area contributed by atoms with E-state index >= 15 is 0 Å². The molecule has 0 fully saturated rings. The molecule has 0 saturated heterocycles. The first kappa shape index (κ1) is 15.4. The number of halogens is 2. The van der Waals surface area contributed by atoms with Crippen molar-refractivity contribution in [2.45, 2.75) is 26.7 Å². The van der Waals surface area contributed by atoms with Crippen molar-refractivity contribution in [3.8, 4) is 5.75 Å². The van der Waals surface area contributed by atoms with Gasteiger partial charge < -0.3 is 10.5 Å². The van der Waals surface area contributed by atoms with Gasteiger partial charge in [0, 0.05) is 5.41 Å². The molecule has 18 heavy (non-hydrogen) atoms. The molecule has 0 spiro atoms. The Morgan fingerprint density at radius 1 is 1.50 bits per heavy atom. The highest BCUT2D eigenvalue weighted by molar-refractivity contribution is 9.10. The SMILES string of the molecule is CC(C)(CCCOc1ccc(F)cc1Br)C(N)=S. The van der Waals surface area contributed by atoms with Gasteiger partial charge in [-0.2, -0.15) is 0 Å². The van der Waals surface area contributed by atoms with E-state index in [4.69, 9.17) is 22.7 Å². The minimum absolute atomic E-state index is 0.154. The molecule has 0 saturated carbocycles. The van der Waals surface area contributed by atoms with E-state index in [1.807, 2.05) is 13.8 Å². The van der Waals surface area contributed by atoms with Crippen molar-refractivity contribution in [1.82, 2.24) is 0 Å². The second-order valence-electron chi connectivity index (χ2n) is 4.77. The van der Waals surface area contributed by atoms with Gasteiger partial charge in [0.1, 0.15) is 11.6 Å². The van der Waals surface area contributed by atoms with E-state index in [1.165, 1.54) is 12.1 Å². The maximum atomic E-state index is 12.9. The summed E-state index contributed by atoms with van der Waals surface area (Å²) in [4.78, 5) is 0.519. The predicted molar refractivity (Wildman–Crippen MR) is 79.4 cm³/mol. The van der Waals surface area contributed by atoms with Gasteiger partial charge in [-0.25, -0.2) is 4.39 Å². The summed E-state index contributed by atoms with van der Waals surface area (Å²) < 4.78 is 19.1. The van der Waals surface area contributed by atoms with Crippen LogP contribution >= 0.6 is 28.1 Å². The maximum absolute atomic E-state index is 12.9. The molecule has 5 heteroatoms. The molecule has 1 aromatic carbocycles. The normalized spacial score (nSPS) is 11.3. The minimum Gasteiger partial charge on any atom is -0.492 e. The summed E-state index contributed by atoms with van der Waals surface area (Å²) in [7, 11) is 0. The van der Waals surface area contributed by atoms with Crippen LogP contribution in [0.2, 0.25) is 0 Å². The summed E-state index contributed by atoms with van der Waals surface area (Å²) in [6, 6.07) is 4.37. The summed E-state index contributed by atoms with van der Waals surface area (Å²) in [6.45, 7) is 4.59. The molecular formula is C13H17BrFNOS. The van der Waals surface area contributed by atoms with Crippen molar-refractivity contribution in [3.63, 3.8) is 0 Å². The quantitative estimate of drug-likeness (QED) is 0.629. The lowest BCUT2D eigenvalue weighted by atomic mass is 9.88. The molecule has 0 aliphatic heterocycles. The minimum atomic E-state index is -0.288. The van der Waals surface area contributed by atoms with Crippen LogP contribution in [0.5, 0.6) is 5.75 Å². The zero-order valence-corrected chi connectivity index (χ0v) is 12.9. The number of rotatable bonds is 6. The molecule has 0 unspecified atom stereocenters. The van der Waals surface area contributed by atoms with E-state index in [1.54, 1.807) is 6.07 Å². The smallest absolute Gasteiger partial charge is 0.133 e. The highest BCUT2D eigenvalue weighted by Gasteiger charge is 2.20. The van der Waals surface area contributed by atoms with Crippen LogP contribution in [0.3, 0.4) is 0 Å². The Labute approximate surface area is 121 Å². The second kappa shape index (κ2) is 6.48. The van der Waals surface area contributed by atoms with E-state index in [-0.39, 0.29) is 11.2 Å².